The molecule has 0 bridgehead atoms. The molecule has 3 heteroatoms. The van der Waals surface area contributed by atoms with E-state index in [1.54, 1.807) is 0 Å². The number of nitrogens with two attached hydrogens (primary N) is 1. The van der Waals surface area contributed by atoms with E-state index in [0.29, 0.717) is 10.6 Å². The number of hydrogen-bond acceptors (Lipinski definition) is 3. The summed E-state index contributed by atoms with van der Waals surface area (Å²) in [5, 5.41) is 11.8. The summed E-state index contributed by atoms with van der Waals surface area (Å²) >= 11 is 1.43. The van der Waals surface area contributed by atoms with Crippen molar-refractivity contribution in [3.05, 3.63) is 40.3 Å². The number of nitriles is 1. The molecule has 0 aliphatic rings. The lowest BCUT2D eigenvalue weighted by molar-refractivity contribution is 0.590. The minimum Gasteiger partial charge on any atom is -0.389 e. The SMILES string of the molecule is Cc1ccc(C(C)(C)C)cc1-c1csc(N)c1C#N. The third kappa shape index (κ3) is 2.50. The Hall–Kier alpha value is -1.79. The van der Waals surface area contributed by atoms with Gasteiger partial charge in [-0.25, -0.2) is 0 Å². The number of thiophene rings is 1. The Morgan fingerprint density at radius 1 is 1.21 bits per heavy atom. The summed E-state index contributed by atoms with van der Waals surface area (Å²) in [5.74, 6) is 0. The highest BCUT2D eigenvalue weighted by Crippen LogP contribution is 2.36. The molecular formula is C16H18N2S. The van der Waals surface area contributed by atoms with Gasteiger partial charge in [-0.3, -0.25) is 0 Å². The third-order valence-corrected chi connectivity index (χ3v) is 4.14. The van der Waals surface area contributed by atoms with E-state index in [1.165, 1.54) is 22.5 Å². The normalized spacial score (nSPS) is 11.3. The van der Waals surface area contributed by atoms with Crippen LogP contribution < -0.4 is 5.73 Å². The number of aryl methyl sites for hydroxylation is 1. The van der Waals surface area contributed by atoms with Crippen molar-refractivity contribution in [2.24, 2.45) is 0 Å². The first-order chi connectivity index (χ1) is 8.84. The molecule has 0 unspecified atom stereocenters. The van der Waals surface area contributed by atoms with Crippen LogP contribution in [0.5, 0.6) is 0 Å². The molecule has 2 N–H and O–H groups in total. The van der Waals surface area contributed by atoms with Crippen LogP contribution in [0.3, 0.4) is 0 Å². The zero-order valence-corrected chi connectivity index (χ0v) is 12.6. The molecule has 1 heterocycles. The molecule has 0 saturated heterocycles. The average molecular weight is 270 g/mol. The Labute approximate surface area is 118 Å². The topological polar surface area (TPSA) is 49.8 Å². The Morgan fingerprint density at radius 2 is 1.89 bits per heavy atom. The van der Waals surface area contributed by atoms with Crippen LogP contribution in [0.4, 0.5) is 5.00 Å². The molecule has 0 aliphatic carbocycles. The summed E-state index contributed by atoms with van der Waals surface area (Å²) < 4.78 is 0. The van der Waals surface area contributed by atoms with Crippen molar-refractivity contribution in [1.29, 1.82) is 5.26 Å². The summed E-state index contributed by atoms with van der Waals surface area (Å²) in [6.45, 7) is 8.63. The quantitative estimate of drug-likeness (QED) is 0.830. The Kier molecular flexibility index (Phi) is 3.38. The van der Waals surface area contributed by atoms with Gasteiger partial charge in [-0.2, -0.15) is 5.26 Å². The molecule has 0 radical (unpaired) electrons. The van der Waals surface area contributed by atoms with E-state index >= 15 is 0 Å². The Balaban J connectivity index is 2.66. The highest BCUT2D eigenvalue weighted by molar-refractivity contribution is 7.14. The molecule has 98 valence electrons. The molecular weight excluding hydrogens is 252 g/mol. The molecule has 19 heavy (non-hydrogen) atoms. The third-order valence-electron chi connectivity index (χ3n) is 3.33. The molecule has 0 spiro atoms. The summed E-state index contributed by atoms with van der Waals surface area (Å²) in [7, 11) is 0. The fourth-order valence-corrected chi connectivity index (χ4v) is 2.83. The highest BCUT2D eigenvalue weighted by Gasteiger charge is 2.18. The number of anilines is 1. The molecule has 1 aromatic carbocycles. The first-order valence-electron chi connectivity index (χ1n) is 6.23. The predicted molar refractivity (Wildman–Crippen MR) is 82.3 cm³/mol. The predicted octanol–water partition coefficient (Wildman–Crippen LogP) is 4.47. The second-order valence-corrected chi connectivity index (χ2v) is 6.69. The van der Waals surface area contributed by atoms with Crippen LogP contribution in [0.1, 0.15) is 37.5 Å². The molecule has 0 atom stereocenters. The van der Waals surface area contributed by atoms with Gasteiger partial charge in [0.2, 0.25) is 0 Å². The maximum absolute atomic E-state index is 9.25. The average Bonchev–Trinajstić information content (AvgIpc) is 2.69. The van der Waals surface area contributed by atoms with Gasteiger partial charge < -0.3 is 5.73 Å². The van der Waals surface area contributed by atoms with Gasteiger partial charge in [0.1, 0.15) is 11.1 Å². The number of rotatable bonds is 1. The molecule has 1 aromatic heterocycles. The standard InChI is InChI=1S/C16H18N2S/c1-10-5-6-11(16(2,3)4)7-12(10)14-9-19-15(18)13(14)8-17/h5-7,9H,18H2,1-4H3. The lowest BCUT2D eigenvalue weighted by Crippen LogP contribution is -2.11. The zero-order chi connectivity index (χ0) is 14.2. The van der Waals surface area contributed by atoms with E-state index < -0.39 is 0 Å². The van der Waals surface area contributed by atoms with Gasteiger partial charge in [-0.05, 0) is 29.0 Å². The number of nitrogens with zero attached hydrogens (tertiary/aromatic N) is 1. The first-order valence-corrected chi connectivity index (χ1v) is 7.11. The van der Waals surface area contributed by atoms with Gasteiger partial charge in [-0.1, -0.05) is 39.0 Å². The first kappa shape index (κ1) is 13.6. The van der Waals surface area contributed by atoms with Gasteiger partial charge in [0.15, 0.2) is 0 Å². The van der Waals surface area contributed by atoms with Gasteiger partial charge in [-0.15, -0.1) is 11.3 Å². The largest absolute Gasteiger partial charge is 0.389 e. The van der Waals surface area contributed by atoms with Crippen molar-refractivity contribution in [3.8, 4) is 17.2 Å². The van der Waals surface area contributed by atoms with Crippen molar-refractivity contribution in [2.45, 2.75) is 33.1 Å². The minimum absolute atomic E-state index is 0.0941. The number of nitrogen functional groups attached to an aromatic ring is 1. The van der Waals surface area contributed by atoms with E-state index in [0.717, 1.165) is 11.1 Å². The summed E-state index contributed by atoms with van der Waals surface area (Å²) in [6, 6.07) is 8.66. The maximum Gasteiger partial charge on any atom is 0.104 e. The van der Waals surface area contributed by atoms with Crippen molar-refractivity contribution in [1.82, 2.24) is 0 Å². The van der Waals surface area contributed by atoms with E-state index in [2.05, 4.69) is 52.0 Å². The van der Waals surface area contributed by atoms with Crippen molar-refractivity contribution in [2.75, 3.05) is 5.73 Å². The van der Waals surface area contributed by atoms with E-state index in [1.807, 2.05) is 5.38 Å². The van der Waals surface area contributed by atoms with Crippen LogP contribution in [-0.4, -0.2) is 0 Å². The van der Waals surface area contributed by atoms with Crippen LogP contribution in [0.15, 0.2) is 23.6 Å². The van der Waals surface area contributed by atoms with Gasteiger partial charge in [0.05, 0.1) is 5.56 Å². The molecule has 2 aromatic rings. The lowest BCUT2D eigenvalue weighted by atomic mass is 9.84. The van der Waals surface area contributed by atoms with Crippen LogP contribution in [0, 0.1) is 18.3 Å². The minimum atomic E-state index is 0.0941. The molecule has 0 aliphatic heterocycles. The molecule has 0 saturated carbocycles. The van der Waals surface area contributed by atoms with Crippen LogP contribution in [-0.2, 0) is 5.41 Å². The van der Waals surface area contributed by atoms with Gasteiger partial charge >= 0.3 is 0 Å². The summed E-state index contributed by atoms with van der Waals surface area (Å²) in [5.41, 5.74) is 11.0. The van der Waals surface area contributed by atoms with Crippen molar-refractivity contribution in [3.63, 3.8) is 0 Å². The van der Waals surface area contributed by atoms with Gasteiger partial charge in [0, 0.05) is 10.9 Å². The van der Waals surface area contributed by atoms with Gasteiger partial charge in [0.25, 0.3) is 0 Å². The van der Waals surface area contributed by atoms with E-state index in [9.17, 15) is 5.26 Å². The highest BCUT2D eigenvalue weighted by atomic mass is 32.1. The maximum atomic E-state index is 9.25. The number of benzene rings is 1. The summed E-state index contributed by atoms with van der Waals surface area (Å²) in [6.07, 6.45) is 0. The smallest absolute Gasteiger partial charge is 0.104 e. The fourth-order valence-electron chi connectivity index (χ4n) is 2.07. The Morgan fingerprint density at radius 3 is 2.47 bits per heavy atom. The fraction of sp³-hybridized carbons (Fsp3) is 0.312. The Bertz CT molecular complexity index is 654. The molecule has 0 fully saturated rings. The monoisotopic (exact) mass is 270 g/mol. The second kappa shape index (κ2) is 4.71. The number of hydrogen-bond donors (Lipinski definition) is 1. The van der Waals surface area contributed by atoms with Crippen LogP contribution in [0.2, 0.25) is 0 Å². The molecule has 2 rings (SSSR count). The van der Waals surface area contributed by atoms with Crippen molar-refractivity contribution < 1.29 is 0 Å². The summed E-state index contributed by atoms with van der Waals surface area (Å²) in [4.78, 5) is 0. The van der Waals surface area contributed by atoms with Crippen LogP contribution >= 0.6 is 11.3 Å². The lowest BCUT2D eigenvalue weighted by Gasteiger charge is -2.20. The molecule has 0 amide bonds. The second-order valence-electron chi connectivity index (χ2n) is 5.78. The van der Waals surface area contributed by atoms with E-state index in [4.69, 9.17) is 5.73 Å². The zero-order valence-electron chi connectivity index (χ0n) is 11.7. The van der Waals surface area contributed by atoms with E-state index in [-0.39, 0.29) is 5.41 Å². The van der Waals surface area contributed by atoms with Crippen molar-refractivity contribution >= 4 is 16.3 Å². The van der Waals surface area contributed by atoms with Crippen LogP contribution in [0.25, 0.3) is 11.1 Å². The molecule has 2 nitrogen and oxygen atoms in total.